The van der Waals surface area contributed by atoms with Gasteiger partial charge in [0.25, 0.3) is 0 Å². The van der Waals surface area contributed by atoms with Crippen LogP contribution in [0.4, 0.5) is 0 Å². The first kappa shape index (κ1) is 12.9. The molecule has 0 amide bonds. The van der Waals surface area contributed by atoms with Crippen LogP contribution < -0.4 is 4.74 Å². The number of hydrogen-bond acceptors (Lipinski definition) is 3. The molecule has 1 N–H and O–H groups in total. The molecule has 0 aliphatic heterocycles. The van der Waals surface area contributed by atoms with Crippen molar-refractivity contribution in [2.24, 2.45) is 0 Å². The summed E-state index contributed by atoms with van der Waals surface area (Å²) in [6, 6.07) is 12.2. The molecular weight excluding hydrogens is 228 g/mol. The van der Waals surface area contributed by atoms with Gasteiger partial charge in [-0.05, 0) is 29.8 Å². The van der Waals surface area contributed by atoms with Crippen molar-refractivity contribution in [3.05, 3.63) is 42.0 Å². The lowest BCUT2D eigenvalue weighted by Gasteiger charge is -2.12. The lowest BCUT2D eigenvalue weighted by Crippen LogP contribution is -2.22. The van der Waals surface area contributed by atoms with Crippen LogP contribution in [-0.4, -0.2) is 31.5 Å². The molecule has 0 saturated heterocycles. The molecule has 0 fully saturated rings. The van der Waals surface area contributed by atoms with E-state index in [1.807, 2.05) is 18.2 Å². The Morgan fingerprint density at radius 2 is 1.78 bits per heavy atom. The second-order valence-corrected chi connectivity index (χ2v) is 4.43. The van der Waals surface area contributed by atoms with E-state index < -0.39 is 6.10 Å². The Morgan fingerprint density at radius 3 is 2.56 bits per heavy atom. The van der Waals surface area contributed by atoms with Gasteiger partial charge < -0.3 is 14.6 Å². The molecule has 0 aliphatic rings. The second kappa shape index (κ2) is 5.85. The van der Waals surface area contributed by atoms with E-state index in [4.69, 9.17) is 9.47 Å². The van der Waals surface area contributed by atoms with Gasteiger partial charge in [0.15, 0.2) is 0 Å². The Morgan fingerprint density at radius 1 is 1.06 bits per heavy atom. The summed E-state index contributed by atoms with van der Waals surface area (Å²) < 4.78 is 10.4. The smallest absolute Gasteiger partial charge is 0.120 e. The van der Waals surface area contributed by atoms with Crippen molar-refractivity contribution in [1.29, 1.82) is 0 Å². The Labute approximate surface area is 107 Å². The van der Waals surface area contributed by atoms with Crippen molar-refractivity contribution in [3.63, 3.8) is 0 Å². The monoisotopic (exact) mass is 246 g/mol. The third-order valence-corrected chi connectivity index (χ3v) is 2.77. The van der Waals surface area contributed by atoms with E-state index in [1.165, 1.54) is 10.9 Å². The average molecular weight is 246 g/mol. The summed E-state index contributed by atoms with van der Waals surface area (Å²) in [7, 11) is 1.56. The van der Waals surface area contributed by atoms with Gasteiger partial charge in [0.1, 0.15) is 18.5 Å². The second-order valence-electron chi connectivity index (χ2n) is 4.43. The van der Waals surface area contributed by atoms with Gasteiger partial charge in [-0.15, -0.1) is 0 Å². The molecular formula is C15H18O3. The van der Waals surface area contributed by atoms with Crippen molar-refractivity contribution in [2.75, 3.05) is 20.3 Å². The number of benzene rings is 2. The molecule has 18 heavy (non-hydrogen) atoms. The highest BCUT2D eigenvalue weighted by atomic mass is 16.5. The summed E-state index contributed by atoms with van der Waals surface area (Å²) in [5.74, 6) is 0.765. The molecule has 2 aromatic carbocycles. The maximum atomic E-state index is 9.51. The van der Waals surface area contributed by atoms with E-state index in [2.05, 4.69) is 25.1 Å². The van der Waals surface area contributed by atoms with Crippen LogP contribution >= 0.6 is 0 Å². The van der Waals surface area contributed by atoms with E-state index in [1.54, 1.807) is 7.11 Å². The zero-order valence-corrected chi connectivity index (χ0v) is 10.7. The first-order valence-corrected chi connectivity index (χ1v) is 5.99. The van der Waals surface area contributed by atoms with Crippen molar-refractivity contribution in [2.45, 2.75) is 13.0 Å². The number of fused-ring (bicyclic) bond motifs is 1. The standard InChI is InChI=1S/C15H18O3/c1-11-3-4-13-8-15(6-5-12(13)7-11)18-10-14(16)9-17-2/h3-8,14,16H,9-10H2,1-2H3. The van der Waals surface area contributed by atoms with Crippen molar-refractivity contribution in [1.82, 2.24) is 0 Å². The minimum Gasteiger partial charge on any atom is -0.491 e. The van der Waals surface area contributed by atoms with E-state index in [9.17, 15) is 5.11 Å². The molecule has 0 saturated carbocycles. The summed E-state index contributed by atoms with van der Waals surface area (Å²) in [6.45, 7) is 2.60. The normalized spacial score (nSPS) is 12.6. The molecule has 2 rings (SSSR count). The Kier molecular flexibility index (Phi) is 4.18. The van der Waals surface area contributed by atoms with E-state index in [-0.39, 0.29) is 13.2 Å². The molecule has 3 heteroatoms. The minimum absolute atomic E-state index is 0.241. The predicted octanol–water partition coefficient (Wildman–Crippen LogP) is 2.53. The number of methoxy groups -OCH3 is 1. The zero-order chi connectivity index (χ0) is 13.0. The number of aryl methyl sites for hydroxylation is 1. The quantitative estimate of drug-likeness (QED) is 0.881. The Bertz CT molecular complexity index is 522. The Balaban J connectivity index is 2.08. The van der Waals surface area contributed by atoms with Crippen molar-refractivity contribution < 1.29 is 14.6 Å². The molecule has 0 radical (unpaired) electrons. The van der Waals surface area contributed by atoms with Crippen LogP contribution in [-0.2, 0) is 4.74 Å². The molecule has 1 atom stereocenters. The number of hydrogen-bond donors (Lipinski definition) is 1. The average Bonchev–Trinajstić information content (AvgIpc) is 2.36. The first-order chi connectivity index (χ1) is 8.69. The molecule has 0 heterocycles. The third kappa shape index (κ3) is 3.22. The topological polar surface area (TPSA) is 38.7 Å². The fraction of sp³-hybridized carbons (Fsp3) is 0.333. The lowest BCUT2D eigenvalue weighted by molar-refractivity contribution is 0.0326. The summed E-state index contributed by atoms with van der Waals surface area (Å²) in [5, 5.41) is 11.8. The lowest BCUT2D eigenvalue weighted by atomic mass is 10.1. The minimum atomic E-state index is -0.594. The van der Waals surface area contributed by atoms with E-state index >= 15 is 0 Å². The molecule has 1 unspecified atom stereocenters. The van der Waals surface area contributed by atoms with Gasteiger partial charge >= 0.3 is 0 Å². The fourth-order valence-electron chi connectivity index (χ4n) is 1.87. The first-order valence-electron chi connectivity index (χ1n) is 5.99. The summed E-state index contributed by atoms with van der Waals surface area (Å²) in [5.41, 5.74) is 1.24. The van der Waals surface area contributed by atoms with Crippen LogP contribution in [0.1, 0.15) is 5.56 Å². The van der Waals surface area contributed by atoms with Crippen LogP contribution in [0.25, 0.3) is 10.8 Å². The van der Waals surface area contributed by atoms with Gasteiger partial charge in [0, 0.05) is 7.11 Å². The summed E-state index contributed by atoms with van der Waals surface area (Å²) >= 11 is 0. The van der Waals surface area contributed by atoms with Crippen molar-refractivity contribution >= 4 is 10.8 Å². The van der Waals surface area contributed by atoms with Gasteiger partial charge in [-0.3, -0.25) is 0 Å². The number of ether oxygens (including phenoxy) is 2. The zero-order valence-electron chi connectivity index (χ0n) is 10.7. The largest absolute Gasteiger partial charge is 0.491 e. The molecule has 0 aliphatic carbocycles. The molecule has 96 valence electrons. The number of aliphatic hydroxyl groups excluding tert-OH is 1. The van der Waals surface area contributed by atoms with Gasteiger partial charge in [-0.1, -0.05) is 29.8 Å². The van der Waals surface area contributed by atoms with Gasteiger partial charge in [0.2, 0.25) is 0 Å². The summed E-state index contributed by atoms with van der Waals surface area (Å²) in [4.78, 5) is 0. The highest BCUT2D eigenvalue weighted by Crippen LogP contribution is 2.21. The predicted molar refractivity (Wildman–Crippen MR) is 72.1 cm³/mol. The molecule has 0 bridgehead atoms. The number of rotatable bonds is 5. The number of aliphatic hydroxyl groups is 1. The van der Waals surface area contributed by atoms with Gasteiger partial charge in [-0.25, -0.2) is 0 Å². The highest BCUT2D eigenvalue weighted by molar-refractivity contribution is 5.84. The van der Waals surface area contributed by atoms with Gasteiger partial charge in [-0.2, -0.15) is 0 Å². The fourth-order valence-corrected chi connectivity index (χ4v) is 1.87. The van der Waals surface area contributed by atoms with E-state index in [0.29, 0.717) is 0 Å². The Hall–Kier alpha value is -1.58. The molecule has 2 aromatic rings. The SMILES string of the molecule is COCC(O)COc1ccc2cc(C)ccc2c1. The van der Waals surface area contributed by atoms with Crippen LogP contribution in [0.3, 0.4) is 0 Å². The molecule has 3 nitrogen and oxygen atoms in total. The maximum Gasteiger partial charge on any atom is 0.120 e. The summed E-state index contributed by atoms with van der Waals surface area (Å²) in [6.07, 6.45) is -0.594. The highest BCUT2D eigenvalue weighted by Gasteiger charge is 2.04. The van der Waals surface area contributed by atoms with E-state index in [0.717, 1.165) is 11.1 Å². The third-order valence-electron chi connectivity index (χ3n) is 2.77. The van der Waals surface area contributed by atoms with Crippen LogP contribution in [0.2, 0.25) is 0 Å². The molecule has 0 spiro atoms. The van der Waals surface area contributed by atoms with Crippen LogP contribution in [0.15, 0.2) is 36.4 Å². The van der Waals surface area contributed by atoms with Crippen LogP contribution in [0, 0.1) is 6.92 Å². The van der Waals surface area contributed by atoms with Crippen LogP contribution in [0.5, 0.6) is 5.75 Å². The van der Waals surface area contributed by atoms with Crippen molar-refractivity contribution in [3.8, 4) is 5.75 Å². The molecule has 0 aromatic heterocycles. The maximum absolute atomic E-state index is 9.51. The van der Waals surface area contributed by atoms with Gasteiger partial charge in [0.05, 0.1) is 6.61 Å².